The molecule has 104 valence electrons. The van der Waals surface area contributed by atoms with Gasteiger partial charge in [0.25, 0.3) is 0 Å². The van der Waals surface area contributed by atoms with Gasteiger partial charge in [-0.25, -0.2) is 0 Å². The van der Waals surface area contributed by atoms with E-state index in [2.05, 4.69) is 24.3 Å². The largest absolute Gasteiger partial charge is 0.393 e. The topological polar surface area (TPSA) is 29.5 Å². The van der Waals surface area contributed by atoms with Crippen LogP contribution < -0.4 is 0 Å². The summed E-state index contributed by atoms with van der Waals surface area (Å²) in [4.78, 5) is 0. The van der Waals surface area contributed by atoms with Crippen molar-refractivity contribution in [2.75, 3.05) is 6.61 Å². The number of hydrogen-bond donors (Lipinski definition) is 1. The Morgan fingerprint density at radius 3 is 2.89 bits per heavy atom. The van der Waals surface area contributed by atoms with Gasteiger partial charge >= 0.3 is 0 Å². The fourth-order valence-electron chi connectivity index (χ4n) is 3.66. The van der Waals surface area contributed by atoms with Crippen LogP contribution in [-0.2, 0) is 11.2 Å². The molecule has 1 fully saturated rings. The molecule has 19 heavy (non-hydrogen) atoms. The first-order valence-corrected chi connectivity index (χ1v) is 7.70. The molecule has 0 saturated carbocycles. The highest BCUT2D eigenvalue weighted by molar-refractivity contribution is 5.32. The zero-order chi connectivity index (χ0) is 13.1. The molecule has 1 saturated heterocycles. The molecule has 0 aromatic heterocycles. The SMILES string of the molecule is OC(CC1CCCO1)CC1CCCc2ccccc21. The Morgan fingerprint density at radius 2 is 2.05 bits per heavy atom. The maximum atomic E-state index is 10.3. The minimum absolute atomic E-state index is 0.209. The molecular weight excluding hydrogens is 236 g/mol. The lowest BCUT2D eigenvalue weighted by atomic mass is 9.79. The molecule has 2 nitrogen and oxygen atoms in total. The number of ether oxygens (including phenoxy) is 1. The number of fused-ring (bicyclic) bond motifs is 1. The first kappa shape index (κ1) is 13.1. The molecule has 3 atom stereocenters. The van der Waals surface area contributed by atoms with Crippen molar-refractivity contribution in [2.45, 2.75) is 63.1 Å². The summed E-state index contributed by atoms with van der Waals surface area (Å²) in [6.45, 7) is 0.879. The second kappa shape index (κ2) is 6.06. The smallest absolute Gasteiger partial charge is 0.0600 e. The van der Waals surface area contributed by atoms with Gasteiger partial charge in [0.1, 0.15) is 0 Å². The minimum atomic E-state index is -0.209. The average Bonchev–Trinajstić information content (AvgIpc) is 2.92. The molecule has 0 amide bonds. The van der Waals surface area contributed by atoms with Crippen LogP contribution >= 0.6 is 0 Å². The second-order valence-corrected chi connectivity index (χ2v) is 6.05. The van der Waals surface area contributed by atoms with Crippen LogP contribution in [0.3, 0.4) is 0 Å². The third kappa shape index (κ3) is 3.18. The van der Waals surface area contributed by atoms with E-state index in [1.54, 1.807) is 0 Å². The van der Waals surface area contributed by atoms with Crippen molar-refractivity contribution in [1.29, 1.82) is 0 Å². The van der Waals surface area contributed by atoms with Crippen LogP contribution in [0.1, 0.15) is 55.6 Å². The summed E-state index contributed by atoms with van der Waals surface area (Å²) in [5.74, 6) is 0.543. The molecule has 3 rings (SSSR count). The third-order valence-corrected chi connectivity index (χ3v) is 4.61. The summed E-state index contributed by atoms with van der Waals surface area (Å²) >= 11 is 0. The van der Waals surface area contributed by atoms with Gasteiger partial charge in [0.05, 0.1) is 12.2 Å². The number of aliphatic hydroxyl groups excluding tert-OH is 1. The number of aliphatic hydroxyl groups is 1. The summed E-state index contributed by atoms with van der Waals surface area (Å²) in [5, 5.41) is 10.3. The molecule has 0 radical (unpaired) electrons. The van der Waals surface area contributed by atoms with Crippen molar-refractivity contribution >= 4 is 0 Å². The Hall–Kier alpha value is -0.860. The molecule has 3 unspecified atom stereocenters. The summed E-state index contributed by atoms with van der Waals surface area (Å²) in [6, 6.07) is 8.75. The third-order valence-electron chi connectivity index (χ3n) is 4.61. The van der Waals surface area contributed by atoms with E-state index in [4.69, 9.17) is 4.74 Å². The van der Waals surface area contributed by atoms with Crippen LogP contribution in [0.5, 0.6) is 0 Å². The lowest BCUT2D eigenvalue weighted by molar-refractivity contribution is 0.0470. The van der Waals surface area contributed by atoms with Gasteiger partial charge in [0.2, 0.25) is 0 Å². The van der Waals surface area contributed by atoms with Crippen molar-refractivity contribution in [3.63, 3.8) is 0 Å². The van der Waals surface area contributed by atoms with E-state index in [0.29, 0.717) is 12.0 Å². The van der Waals surface area contributed by atoms with Crippen molar-refractivity contribution in [3.8, 4) is 0 Å². The van der Waals surface area contributed by atoms with Gasteiger partial charge in [0.15, 0.2) is 0 Å². The lowest BCUT2D eigenvalue weighted by Crippen LogP contribution is -2.21. The van der Waals surface area contributed by atoms with Crippen LogP contribution in [-0.4, -0.2) is 23.9 Å². The molecule has 1 N–H and O–H groups in total. The summed E-state index contributed by atoms with van der Waals surface area (Å²) in [7, 11) is 0. The standard InChI is InChI=1S/C17H24O2/c18-15(12-16-8-4-10-19-16)11-14-7-3-6-13-5-1-2-9-17(13)14/h1-2,5,9,14-16,18H,3-4,6-8,10-12H2. The van der Waals surface area contributed by atoms with Crippen molar-refractivity contribution in [3.05, 3.63) is 35.4 Å². The fourth-order valence-corrected chi connectivity index (χ4v) is 3.66. The molecule has 1 aliphatic carbocycles. The quantitative estimate of drug-likeness (QED) is 0.898. The van der Waals surface area contributed by atoms with E-state index >= 15 is 0 Å². The van der Waals surface area contributed by atoms with Crippen LogP contribution in [0.15, 0.2) is 24.3 Å². The number of hydrogen-bond acceptors (Lipinski definition) is 2. The highest BCUT2D eigenvalue weighted by Crippen LogP contribution is 2.35. The molecule has 2 heteroatoms. The van der Waals surface area contributed by atoms with Gasteiger partial charge in [-0.15, -0.1) is 0 Å². The summed E-state index contributed by atoms with van der Waals surface area (Å²) in [5.41, 5.74) is 2.96. The van der Waals surface area contributed by atoms with Crippen molar-refractivity contribution in [1.82, 2.24) is 0 Å². The van der Waals surface area contributed by atoms with Crippen LogP contribution in [0.4, 0.5) is 0 Å². The van der Waals surface area contributed by atoms with Gasteiger partial charge in [-0.05, 0) is 62.0 Å². The first-order chi connectivity index (χ1) is 9.33. The monoisotopic (exact) mass is 260 g/mol. The molecule has 1 aliphatic heterocycles. The fraction of sp³-hybridized carbons (Fsp3) is 0.647. The zero-order valence-electron chi connectivity index (χ0n) is 11.6. The molecule has 0 bridgehead atoms. The Bertz CT molecular complexity index is 409. The van der Waals surface area contributed by atoms with Crippen molar-refractivity contribution in [2.24, 2.45) is 0 Å². The van der Waals surface area contributed by atoms with E-state index in [-0.39, 0.29) is 6.10 Å². The molecule has 1 aromatic carbocycles. The Kier molecular flexibility index (Phi) is 4.19. The lowest BCUT2D eigenvalue weighted by Gasteiger charge is -2.28. The highest BCUT2D eigenvalue weighted by atomic mass is 16.5. The van der Waals surface area contributed by atoms with Gasteiger partial charge in [-0.2, -0.15) is 0 Å². The number of rotatable bonds is 4. The maximum absolute atomic E-state index is 10.3. The predicted octanol–water partition coefficient (Wildman–Crippen LogP) is 3.43. The van der Waals surface area contributed by atoms with Crippen LogP contribution in [0.25, 0.3) is 0 Å². The predicted molar refractivity (Wildman–Crippen MR) is 76.3 cm³/mol. The number of benzene rings is 1. The molecule has 1 heterocycles. The van der Waals surface area contributed by atoms with E-state index in [0.717, 1.165) is 32.3 Å². The van der Waals surface area contributed by atoms with Crippen LogP contribution in [0.2, 0.25) is 0 Å². The molecule has 1 aromatic rings. The summed E-state index contributed by atoms with van der Waals surface area (Å²) < 4.78 is 5.62. The first-order valence-electron chi connectivity index (χ1n) is 7.70. The molecule has 2 aliphatic rings. The van der Waals surface area contributed by atoms with E-state index in [9.17, 15) is 5.11 Å². The van der Waals surface area contributed by atoms with E-state index in [1.165, 1.54) is 30.4 Å². The number of aryl methyl sites for hydroxylation is 1. The van der Waals surface area contributed by atoms with E-state index in [1.807, 2.05) is 0 Å². The van der Waals surface area contributed by atoms with Gasteiger partial charge in [-0.1, -0.05) is 24.3 Å². The van der Waals surface area contributed by atoms with Crippen LogP contribution in [0, 0.1) is 0 Å². The minimum Gasteiger partial charge on any atom is -0.393 e. The molecular formula is C17H24O2. The second-order valence-electron chi connectivity index (χ2n) is 6.05. The van der Waals surface area contributed by atoms with Gasteiger partial charge in [0, 0.05) is 6.61 Å². The Labute approximate surface area is 115 Å². The Morgan fingerprint density at radius 1 is 1.16 bits per heavy atom. The average molecular weight is 260 g/mol. The normalized spacial score (nSPS) is 28.1. The van der Waals surface area contributed by atoms with Crippen molar-refractivity contribution < 1.29 is 9.84 Å². The zero-order valence-corrected chi connectivity index (χ0v) is 11.6. The summed E-state index contributed by atoms with van der Waals surface area (Å²) in [6.07, 6.45) is 7.77. The Balaban J connectivity index is 1.60. The maximum Gasteiger partial charge on any atom is 0.0600 e. The van der Waals surface area contributed by atoms with Gasteiger partial charge < -0.3 is 9.84 Å². The molecule has 0 spiro atoms. The highest BCUT2D eigenvalue weighted by Gasteiger charge is 2.25. The van der Waals surface area contributed by atoms with Gasteiger partial charge in [-0.3, -0.25) is 0 Å². The van der Waals surface area contributed by atoms with E-state index < -0.39 is 0 Å².